The minimum Gasteiger partial charge on any atom is -0.495 e. The van der Waals surface area contributed by atoms with E-state index in [-0.39, 0.29) is 11.6 Å². The number of nitrogens with one attached hydrogen (secondary N) is 3. The van der Waals surface area contributed by atoms with Crippen LogP contribution in [0.25, 0.3) is 0 Å². The number of aromatic nitrogens is 1. The molecule has 0 atom stereocenters. The molecule has 3 N–H and O–H groups in total. The number of anilines is 4. The Balaban J connectivity index is 1.74. The van der Waals surface area contributed by atoms with Crippen LogP contribution in [0.2, 0.25) is 0 Å². The number of hydrogen-bond donors (Lipinski definition) is 3. The molecule has 0 saturated heterocycles. The number of methoxy groups -OCH3 is 3. The number of ether oxygens (including phenoxy) is 3. The number of carbonyl (C=O) groups is 2. The van der Waals surface area contributed by atoms with Gasteiger partial charge in [0.25, 0.3) is 5.91 Å². The first-order chi connectivity index (χ1) is 14.9. The lowest BCUT2D eigenvalue weighted by Crippen LogP contribution is -2.14. The first-order valence-electron chi connectivity index (χ1n) is 9.15. The van der Waals surface area contributed by atoms with E-state index >= 15 is 0 Å². The summed E-state index contributed by atoms with van der Waals surface area (Å²) in [5, 5.41) is 10.8. The average Bonchev–Trinajstić information content (AvgIpc) is 3.22. The van der Waals surface area contributed by atoms with Gasteiger partial charge in [-0.2, -0.15) is 0 Å². The van der Waals surface area contributed by atoms with Crippen LogP contribution < -0.4 is 30.2 Å². The van der Waals surface area contributed by atoms with E-state index in [1.165, 1.54) is 25.4 Å². The Kier molecular flexibility index (Phi) is 6.93. The van der Waals surface area contributed by atoms with Gasteiger partial charge in [-0.3, -0.25) is 9.59 Å². The molecule has 0 bridgehead atoms. The average molecular weight is 442 g/mol. The van der Waals surface area contributed by atoms with Crippen LogP contribution in [-0.4, -0.2) is 38.1 Å². The molecule has 2 aromatic carbocycles. The Morgan fingerprint density at radius 2 is 1.55 bits per heavy atom. The first kappa shape index (κ1) is 21.9. The summed E-state index contributed by atoms with van der Waals surface area (Å²) in [5.74, 6) is 1.03. The molecule has 1 aromatic heterocycles. The lowest BCUT2D eigenvalue weighted by molar-refractivity contribution is -0.114. The predicted octanol–water partition coefficient (Wildman–Crippen LogP) is 4.12. The molecule has 2 amide bonds. The van der Waals surface area contributed by atoms with Gasteiger partial charge in [-0.15, -0.1) is 11.3 Å². The van der Waals surface area contributed by atoms with Gasteiger partial charge in [0.2, 0.25) is 5.91 Å². The maximum atomic E-state index is 12.7. The van der Waals surface area contributed by atoms with Crippen molar-refractivity contribution in [3.05, 3.63) is 47.5 Å². The smallest absolute Gasteiger partial charge is 0.275 e. The van der Waals surface area contributed by atoms with E-state index < -0.39 is 5.91 Å². The van der Waals surface area contributed by atoms with Gasteiger partial charge in [-0.1, -0.05) is 0 Å². The first-order valence-corrected chi connectivity index (χ1v) is 10.0. The molecule has 10 heteroatoms. The molecule has 1 heterocycles. The Hall–Kier alpha value is -3.79. The van der Waals surface area contributed by atoms with Crippen LogP contribution in [0.3, 0.4) is 0 Å². The van der Waals surface area contributed by atoms with Crippen LogP contribution in [-0.2, 0) is 4.79 Å². The lowest BCUT2D eigenvalue weighted by atomic mass is 10.2. The number of nitrogens with zero attached hydrogens (tertiary/aromatic N) is 1. The molecule has 0 radical (unpaired) electrons. The third-order valence-electron chi connectivity index (χ3n) is 4.14. The highest BCUT2D eigenvalue weighted by Gasteiger charge is 2.15. The van der Waals surface area contributed by atoms with Gasteiger partial charge in [-0.25, -0.2) is 4.98 Å². The summed E-state index contributed by atoms with van der Waals surface area (Å²) in [7, 11) is 4.62. The molecule has 0 unspecified atom stereocenters. The standard InChI is InChI=1S/C21H22N4O5S/c1-12(26)22-13-5-7-17(28-2)15(9-13)24-20(27)16-11-31-21(25-16)23-14-6-8-18(29-3)19(10-14)30-4/h5-11H,1-4H3,(H,22,26)(H,23,25)(H,24,27). The van der Waals surface area contributed by atoms with Crippen molar-refractivity contribution in [1.29, 1.82) is 0 Å². The summed E-state index contributed by atoms with van der Waals surface area (Å²) in [6, 6.07) is 10.3. The molecule has 162 valence electrons. The van der Waals surface area contributed by atoms with E-state index in [9.17, 15) is 9.59 Å². The molecule has 0 fully saturated rings. The number of carbonyl (C=O) groups excluding carboxylic acids is 2. The second-order valence-electron chi connectivity index (χ2n) is 6.28. The van der Waals surface area contributed by atoms with E-state index in [0.29, 0.717) is 33.8 Å². The second kappa shape index (κ2) is 9.81. The van der Waals surface area contributed by atoms with Crippen LogP contribution in [0.4, 0.5) is 22.2 Å². The fourth-order valence-corrected chi connectivity index (χ4v) is 3.46. The normalized spacial score (nSPS) is 10.2. The topological polar surface area (TPSA) is 111 Å². The molecule has 0 saturated carbocycles. The van der Waals surface area contributed by atoms with E-state index in [0.717, 1.165) is 5.69 Å². The van der Waals surface area contributed by atoms with E-state index in [1.54, 1.807) is 49.9 Å². The molecule has 0 aliphatic carbocycles. The lowest BCUT2D eigenvalue weighted by Gasteiger charge is -2.11. The van der Waals surface area contributed by atoms with Crippen molar-refractivity contribution in [2.45, 2.75) is 6.92 Å². The highest BCUT2D eigenvalue weighted by molar-refractivity contribution is 7.14. The molecule has 3 aromatic rings. The van der Waals surface area contributed by atoms with Crippen molar-refractivity contribution in [2.75, 3.05) is 37.3 Å². The molecule has 0 spiro atoms. The Bertz CT molecular complexity index is 1100. The van der Waals surface area contributed by atoms with Gasteiger partial charge < -0.3 is 30.2 Å². The highest BCUT2D eigenvalue weighted by atomic mass is 32.1. The van der Waals surface area contributed by atoms with Gasteiger partial charge in [0.1, 0.15) is 11.4 Å². The van der Waals surface area contributed by atoms with Crippen LogP contribution in [0, 0.1) is 0 Å². The fraction of sp³-hybridized carbons (Fsp3) is 0.190. The summed E-state index contributed by atoms with van der Waals surface area (Å²) in [6.45, 7) is 1.41. The predicted molar refractivity (Wildman–Crippen MR) is 120 cm³/mol. The van der Waals surface area contributed by atoms with Crippen LogP contribution in [0.1, 0.15) is 17.4 Å². The zero-order valence-corrected chi connectivity index (χ0v) is 18.3. The molecule has 3 rings (SSSR count). The number of amides is 2. The van der Waals surface area contributed by atoms with Crippen LogP contribution >= 0.6 is 11.3 Å². The minimum absolute atomic E-state index is 0.215. The van der Waals surface area contributed by atoms with Gasteiger partial charge in [0.05, 0.1) is 27.0 Å². The van der Waals surface area contributed by atoms with E-state index in [2.05, 4.69) is 20.9 Å². The summed E-state index contributed by atoms with van der Waals surface area (Å²) in [5.41, 5.74) is 1.93. The zero-order valence-electron chi connectivity index (χ0n) is 17.4. The van der Waals surface area contributed by atoms with Gasteiger partial charge in [0.15, 0.2) is 16.6 Å². The summed E-state index contributed by atoms with van der Waals surface area (Å²) in [6.07, 6.45) is 0. The third kappa shape index (κ3) is 5.43. The Labute approximate surface area is 183 Å². The molecular formula is C21H22N4O5S. The van der Waals surface area contributed by atoms with Crippen LogP contribution in [0.5, 0.6) is 17.2 Å². The summed E-state index contributed by atoms with van der Waals surface area (Å²) >= 11 is 1.28. The van der Waals surface area contributed by atoms with Crippen molar-refractivity contribution in [3.63, 3.8) is 0 Å². The Morgan fingerprint density at radius 1 is 0.871 bits per heavy atom. The van der Waals surface area contributed by atoms with E-state index in [1.807, 2.05) is 6.07 Å². The summed E-state index contributed by atoms with van der Waals surface area (Å²) in [4.78, 5) is 28.3. The monoisotopic (exact) mass is 442 g/mol. The molecule has 31 heavy (non-hydrogen) atoms. The molecule has 9 nitrogen and oxygen atoms in total. The number of benzene rings is 2. The van der Waals surface area contributed by atoms with Crippen molar-refractivity contribution in [2.24, 2.45) is 0 Å². The maximum Gasteiger partial charge on any atom is 0.275 e. The largest absolute Gasteiger partial charge is 0.495 e. The van der Waals surface area contributed by atoms with Crippen molar-refractivity contribution < 1.29 is 23.8 Å². The van der Waals surface area contributed by atoms with Gasteiger partial charge in [0, 0.05) is 29.7 Å². The van der Waals surface area contributed by atoms with Crippen molar-refractivity contribution in [1.82, 2.24) is 4.98 Å². The molecule has 0 aliphatic heterocycles. The second-order valence-corrected chi connectivity index (χ2v) is 7.14. The molecular weight excluding hydrogens is 420 g/mol. The third-order valence-corrected chi connectivity index (χ3v) is 4.90. The maximum absolute atomic E-state index is 12.7. The SMILES string of the molecule is COc1ccc(NC(C)=O)cc1NC(=O)c1csc(Nc2ccc(OC)c(OC)c2)n1. The minimum atomic E-state index is -0.408. The van der Waals surface area contributed by atoms with E-state index in [4.69, 9.17) is 14.2 Å². The van der Waals surface area contributed by atoms with Crippen molar-refractivity contribution >= 4 is 45.3 Å². The summed E-state index contributed by atoms with van der Waals surface area (Å²) < 4.78 is 15.8. The zero-order chi connectivity index (χ0) is 22.4. The fourth-order valence-electron chi connectivity index (χ4n) is 2.75. The van der Waals surface area contributed by atoms with Gasteiger partial charge >= 0.3 is 0 Å². The van der Waals surface area contributed by atoms with Crippen molar-refractivity contribution in [3.8, 4) is 17.2 Å². The van der Waals surface area contributed by atoms with Crippen LogP contribution in [0.15, 0.2) is 41.8 Å². The Morgan fingerprint density at radius 3 is 2.23 bits per heavy atom. The quantitative estimate of drug-likeness (QED) is 0.481. The highest BCUT2D eigenvalue weighted by Crippen LogP contribution is 2.32. The van der Waals surface area contributed by atoms with Gasteiger partial charge in [-0.05, 0) is 30.3 Å². The number of rotatable bonds is 8. The number of thiazole rings is 1. The number of hydrogen-bond acceptors (Lipinski definition) is 8. The molecule has 0 aliphatic rings.